The Bertz CT molecular complexity index is 340. The number of hydrogen-bond acceptors (Lipinski definition) is 1. The summed E-state index contributed by atoms with van der Waals surface area (Å²) < 4.78 is 12.8. The van der Waals surface area contributed by atoms with Gasteiger partial charge in [-0.3, -0.25) is 0 Å². The van der Waals surface area contributed by atoms with Gasteiger partial charge in [0.1, 0.15) is 5.82 Å². The summed E-state index contributed by atoms with van der Waals surface area (Å²) in [5, 5.41) is 3.55. The van der Waals surface area contributed by atoms with Gasteiger partial charge < -0.3 is 5.32 Å². The van der Waals surface area contributed by atoms with E-state index in [1.165, 1.54) is 31.4 Å². The molecular weight excluding hydrogens is 201 g/mol. The second kappa shape index (κ2) is 4.54. The van der Waals surface area contributed by atoms with Crippen LogP contribution in [0.15, 0.2) is 24.3 Å². The highest BCUT2D eigenvalue weighted by atomic mass is 19.1. The molecule has 0 aliphatic heterocycles. The molecule has 88 valence electrons. The van der Waals surface area contributed by atoms with Crippen LogP contribution in [0.3, 0.4) is 0 Å². The molecule has 1 nitrogen and oxygen atoms in total. The topological polar surface area (TPSA) is 12.0 Å². The first-order valence-corrected chi connectivity index (χ1v) is 6.14. The van der Waals surface area contributed by atoms with Crippen LogP contribution in [-0.2, 0) is 0 Å². The van der Waals surface area contributed by atoms with Crippen molar-refractivity contribution in [2.45, 2.75) is 39.2 Å². The highest BCUT2D eigenvalue weighted by molar-refractivity contribution is 5.19. The van der Waals surface area contributed by atoms with Crippen LogP contribution in [-0.4, -0.2) is 6.54 Å². The van der Waals surface area contributed by atoms with Crippen LogP contribution in [0.2, 0.25) is 0 Å². The van der Waals surface area contributed by atoms with Gasteiger partial charge in [0.25, 0.3) is 0 Å². The molecule has 1 saturated carbocycles. The van der Waals surface area contributed by atoms with Crippen molar-refractivity contribution in [1.82, 2.24) is 5.32 Å². The standard InChI is InChI=1S/C14H20FN/c1-3-14(8-9-14)10-16-11(2)12-4-6-13(15)7-5-12/h4-7,11,16H,3,8-10H2,1-2H3. The number of rotatable bonds is 5. The molecule has 0 spiro atoms. The van der Waals surface area contributed by atoms with Crippen molar-refractivity contribution in [3.05, 3.63) is 35.6 Å². The fourth-order valence-electron chi connectivity index (χ4n) is 2.07. The summed E-state index contributed by atoms with van der Waals surface area (Å²) in [5.74, 6) is -0.164. The average Bonchev–Trinajstić information content (AvgIpc) is 3.08. The number of benzene rings is 1. The monoisotopic (exact) mass is 221 g/mol. The molecule has 0 amide bonds. The lowest BCUT2D eigenvalue weighted by atomic mass is 10.0. The number of nitrogens with one attached hydrogen (secondary N) is 1. The first-order chi connectivity index (χ1) is 7.65. The van der Waals surface area contributed by atoms with Crippen LogP contribution in [0.25, 0.3) is 0 Å². The lowest BCUT2D eigenvalue weighted by Crippen LogP contribution is -2.26. The SMILES string of the molecule is CCC1(CNC(C)c2ccc(F)cc2)CC1. The molecule has 16 heavy (non-hydrogen) atoms. The van der Waals surface area contributed by atoms with Gasteiger partial charge >= 0.3 is 0 Å². The smallest absolute Gasteiger partial charge is 0.123 e. The Balaban J connectivity index is 1.88. The predicted molar refractivity (Wildman–Crippen MR) is 64.8 cm³/mol. The van der Waals surface area contributed by atoms with E-state index in [0.717, 1.165) is 12.1 Å². The lowest BCUT2D eigenvalue weighted by molar-refractivity contribution is 0.415. The van der Waals surface area contributed by atoms with E-state index in [1.807, 2.05) is 12.1 Å². The third-order valence-electron chi connectivity index (χ3n) is 3.86. The molecule has 0 saturated heterocycles. The molecular formula is C14H20FN. The van der Waals surface area contributed by atoms with E-state index in [0.29, 0.717) is 11.5 Å². The van der Waals surface area contributed by atoms with E-state index in [-0.39, 0.29) is 5.82 Å². The van der Waals surface area contributed by atoms with Crippen LogP contribution >= 0.6 is 0 Å². The molecule has 0 bridgehead atoms. The van der Waals surface area contributed by atoms with E-state index in [9.17, 15) is 4.39 Å². The largest absolute Gasteiger partial charge is 0.310 e. The highest BCUT2D eigenvalue weighted by Crippen LogP contribution is 2.48. The molecule has 1 N–H and O–H groups in total. The minimum absolute atomic E-state index is 0.164. The van der Waals surface area contributed by atoms with Gasteiger partial charge in [0.2, 0.25) is 0 Å². The van der Waals surface area contributed by atoms with E-state index in [1.54, 1.807) is 0 Å². The maximum absolute atomic E-state index is 12.8. The van der Waals surface area contributed by atoms with Gasteiger partial charge in [0, 0.05) is 12.6 Å². The Hall–Kier alpha value is -0.890. The van der Waals surface area contributed by atoms with Crippen LogP contribution in [0, 0.1) is 11.2 Å². The fourth-order valence-corrected chi connectivity index (χ4v) is 2.07. The summed E-state index contributed by atoms with van der Waals surface area (Å²) in [6.45, 7) is 5.48. The van der Waals surface area contributed by atoms with Gasteiger partial charge in [-0.15, -0.1) is 0 Å². The first kappa shape index (κ1) is 11.6. The molecule has 0 aromatic heterocycles. The highest BCUT2D eigenvalue weighted by Gasteiger charge is 2.40. The molecule has 1 fully saturated rings. The van der Waals surface area contributed by atoms with E-state index < -0.39 is 0 Å². The molecule has 2 heteroatoms. The molecule has 2 rings (SSSR count). The van der Waals surface area contributed by atoms with Crippen molar-refractivity contribution >= 4 is 0 Å². The lowest BCUT2D eigenvalue weighted by Gasteiger charge is -2.19. The first-order valence-electron chi connectivity index (χ1n) is 6.14. The Morgan fingerprint density at radius 2 is 1.94 bits per heavy atom. The molecule has 1 aromatic carbocycles. The van der Waals surface area contributed by atoms with Crippen molar-refractivity contribution in [1.29, 1.82) is 0 Å². The molecule has 1 unspecified atom stereocenters. The van der Waals surface area contributed by atoms with Crippen molar-refractivity contribution < 1.29 is 4.39 Å². The maximum atomic E-state index is 12.8. The van der Waals surface area contributed by atoms with Crippen molar-refractivity contribution in [2.75, 3.05) is 6.54 Å². The van der Waals surface area contributed by atoms with Crippen LogP contribution in [0.4, 0.5) is 4.39 Å². The molecule has 1 aromatic rings. The van der Waals surface area contributed by atoms with Gasteiger partial charge in [0.15, 0.2) is 0 Å². The zero-order chi connectivity index (χ0) is 11.6. The summed E-state index contributed by atoms with van der Waals surface area (Å²) in [7, 11) is 0. The summed E-state index contributed by atoms with van der Waals surface area (Å²) in [4.78, 5) is 0. The predicted octanol–water partition coefficient (Wildman–Crippen LogP) is 3.67. The van der Waals surface area contributed by atoms with E-state index in [4.69, 9.17) is 0 Å². The minimum Gasteiger partial charge on any atom is -0.310 e. The zero-order valence-electron chi connectivity index (χ0n) is 10.1. The Morgan fingerprint density at radius 3 is 2.44 bits per heavy atom. The number of halogens is 1. The molecule has 1 atom stereocenters. The van der Waals surface area contributed by atoms with Crippen molar-refractivity contribution in [2.24, 2.45) is 5.41 Å². The van der Waals surface area contributed by atoms with Crippen LogP contribution in [0.5, 0.6) is 0 Å². The van der Waals surface area contributed by atoms with Crippen molar-refractivity contribution in [3.63, 3.8) is 0 Å². The Kier molecular flexibility index (Phi) is 3.29. The van der Waals surface area contributed by atoms with Gasteiger partial charge in [-0.05, 0) is 49.3 Å². The number of hydrogen-bond donors (Lipinski definition) is 1. The van der Waals surface area contributed by atoms with Crippen LogP contribution in [0.1, 0.15) is 44.7 Å². The fraction of sp³-hybridized carbons (Fsp3) is 0.571. The third-order valence-corrected chi connectivity index (χ3v) is 3.86. The summed E-state index contributed by atoms with van der Waals surface area (Å²) in [5.41, 5.74) is 1.72. The van der Waals surface area contributed by atoms with Crippen molar-refractivity contribution in [3.8, 4) is 0 Å². The minimum atomic E-state index is -0.164. The summed E-state index contributed by atoms with van der Waals surface area (Å²) in [6, 6.07) is 7.09. The van der Waals surface area contributed by atoms with Gasteiger partial charge in [-0.2, -0.15) is 0 Å². The maximum Gasteiger partial charge on any atom is 0.123 e. The van der Waals surface area contributed by atoms with Gasteiger partial charge in [0.05, 0.1) is 0 Å². The molecule has 1 aliphatic rings. The van der Waals surface area contributed by atoms with Gasteiger partial charge in [-0.1, -0.05) is 19.1 Å². The molecule has 1 aliphatic carbocycles. The van der Waals surface area contributed by atoms with Gasteiger partial charge in [-0.25, -0.2) is 4.39 Å². The zero-order valence-corrected chi connectivity index (χ0v) is 10.1. The summed E-state index contributed by atoms with van der Waals surface area (Å²) in [6.07, 6.45) is 3.97. The Labute approximate surface area is 97.1 Å². The summed E-state index contributed by atoms with van der Waals surface area (Å²) >= 11 is 0. The quantitative estimate of drug-likeness (QED) is 0.800. The third kappa shape index (κ3) is 2.62. The average molecular weight is 221 g/mol. The second-order valence-corrected chi connectivity index (χ2v) is 5.01. The normalized spacial score (nSPS) is 19.4. The molecule has 0 radical (unpaired) electrons. The van der Waals surface area contributed by atoms with Crippen LogP contribution < -0.4 is 5.32 Å². The second-order valence-electron chi connectivity index (χ2n) is 5.01. The van der Waals surface area contributed by atoms with E-state index in [2.05, 4.69) is 19.2 Å². The molecule has 0 heterocycles. The Morgan fingerprint density at radius 1 is 1.31 bits per heavy atom. The van der Waals surface area contributed by atoms with E-state index >= 15 is 0 Å².